The Labute approximate surface area is 160 Å². The molecule has 0 aliphatic carbocycles. The van der Waals surface area contributed by atoms with Crippen LogP contribution >= 0.6 is 12.2 Å². The number of ether oxygens (including phenoxy) is 1. The zero-order chi connectivity index (χ0) is 19.2. The smallest absolute Gasteiger partial charge is 0.305 e. The molecule has 0 atom stereocenters. The lowest BCUT2D eigenvalue weighted by Crippen LogP contribution is -2.43. The predicted octanol–water partition coefficient (Wildman–Crippen LogP) is 3.73. The van der Waals surface area contributed by atoms with Crippen LogP contribution in [0.2, 0.25) is 0 Å². The minimum absolute atomic E-state index is 0.0147. The minimum atomic E-state index is -0.554. The fourth-order valence-corrected chi connectivity index (χ4v) is 2.50. The van der Waals surface area contributed by atoms with Crippen LogP contribution in [0.4, 0.5) is 10.1 Å². The molecule has 0 saturated heterocycles. The maximum absolute atomic E-state index is 13.8. The Hall–Kier alpha value is -3.39. The molecule has 0 aliphatic rings. The van der Waals surface area contributed by atoms with Crippen molar-refractivity contribution in [1.82, 2.24) is 10.9 Å². The van der Waals surface area contributed by atoms with E-state index in [1.807, 2.05) is 12.1 Å². The summed E-state index contributed by atoms with van der Waals surface area (Å²) in [7, 11) is 1.54. The van der Waals surface area contributed by atoms with Gasteiger partial charge >= 0.3 is 5.91 Å². The van der Waals surface area contributed by atoms with Crippen molar-refractivity contribution in [2.45, 2.75) is 0 Å². The number of hydrogen-bond donors (Lipinski definition) is 3. The first-order valence-corrected chi connectivity index (χ1v) is 8.34. The van der Waals surface area contributed by atoms with Crippen molar-refractivity contribution in [3.8, 4) is 17.1 Å². The van der Waals surface area contributed by atoms with Gasteiger partial charge in [0, 0.05) is 0 Å². The number of halogens is 1. The zero-order valence-electron chi connectivity index (χ0n) is 14.3. The number of thiocarbonyl (C=S) groups is 1. The van der Waals surface area contributed by atoms with E-state index in [-0.39, 0.29) is 22.2 Å². The highest BCUT2D eigenvalue weighted by Crippen LogP contribution is 2.25. The Balaban J connectivity index is 1.60. The summed E-state index contributed by atoms with van der Waals surface area (Å²) in [6, 6.07) is 16.3. The van der Waals surface area contributed by atoms with E-state index in [1.54, 1.807) is 37.4 Å². The molecule has 1 amide bonds. The summed E-state index contributed by atoms with van der Waals surface area (Å²) in [6.45, 7) is 0. The van der Waals surface area contributed by atoms with Crippen molar-refractivity contribution in [2.24, 2.45) is 0 Å². The lowest BCUT2D eigenvalue weighted by atomic mass is 10.1. The van der Waals surface area contributed by atoms with E-state index in [0.29, 0.717) is 11.4 Å². The van der Waals surface area contributed by atoms with Crippen LogP contribution in [0.25, 0.3) is 11.3 Å². The van der Waals surface area contributed by atoms with Gasteiger partial charge < -0.3 is 14.5 Å². The van der Waals surface area contributed by atoms with Crippen LogP contribution in [-0.2, 0) is 0 Å². The summed E-state index contributed by atoms with van der Waals surface area (Å²) in [5, 5.41) is 3.07. The van der Waals surface area contributed by atoms with Gasteiger partial charge in [0.25, 0.3) is 0 Å². The average molecular weight is 385 g/mol. The van der Waals surface area contributed by atoms with Crippen LogP contribution in [0.15, 0.2) is 65.1 Å². The first-order valence-electron chi connectivity index (χ1n) is 7.93. The monoisotopic (exact) mass is 385 g/mol. The van der Waals surface area contributed by atoms with Gasteiger partial charge in [-0.15, -0.1) is 0 Å². The lowest BCUT2D eigenvalue weighted by Gasteiger charge is -2.13. The Kier molecular flexibility index (Phi) is 5.68. The molecule has 0 bridgehead atoms. The number of hydrogen-bond acceptors (Lipinski definition) is 4. The highest BCUT2D eigenvalue weighted by Gasteiger charge is 2.14. The van der Waals surface area contributed by atoms with Gasteiger partial charge in [-0.2, -0.15) is 0 Å². The molecule has 0 unspecified atom stereocenters. The number of anilines is 1. The van der Waals surface area contributed by atoms with Crippen LogP contribution in [0, 0.1) is 5.82 Å². The molecule has 2 aromatic carbocycles. The predicted molar refractivity (Wildman–Crippen MR) is 104 cm³/mol. The maximum atomic E-state index is 13.8. The van der Waals surface area contributed by atoms with Gasteiger partial charge in [-0.05, 0) is 48.6 Å². The van der Waals surface area contributed by atoms with Gasteiger partial charge in [-0.25, -0.2) is 4.39 Å². The second kappa shape index (κ2) is 8.33. The molecule has 0 spiro atoms. The van der Waals surface area contributed by atoms with Gasteiger partial charge in [0.05, 0.1) is 18.4 Å². The van der Waals surface area contributed by atoms with Crippen molar-refractivity contribution >= 4 is 28.9 Å². The molecule has 27 heavy (non-hydrogen) atoms. The SMILES string of the molecule is COc1ccccc1NC(=S)NNC(=O)c1ccc(-c2ccccc2F)o1. The number of methoxy groups -OCH3 is 1. The molecule has 0 radical (unpaired) electrons. The highest BCUT2D eigenvalue weighted by atomic mass is 32.1. The van der Waals surface area contributed by atoms with Crippen molar-refractivity contribution in [2.75, 3.05) is 12.4 Å². The van der Waals surface area contributed by atoms with Gasteiger partial charge in [0.2, 0.25) is 0 Å². The molecule has 0 saturated carbocycles. The minimum Gasteiger partial charge on any atom is -0.495 e. The fraction of sp³-hybridized carbons (Fsp3) is 0.0526. The fourth-order valence-electron chi connectivity index (χ4n) is 2.34. The molecule has 6 nitrogen and oxygen atoms in total. The number of benzene rings is 2. The third kappa shape index (κ3) is 4.42. The molecule has 1 heterocycles. The molecule has 3 rings (SSSR count). The second-order valence-corrected chi connectivity index (χ2v) is 5.79. The normalized spacial score (nSPS) is 10.1. The molecule has 0 aliphatic heterocycles. The molecule has 8 heteroatoms. The Morgan fingerprint density at radius 1 is 1.04 bits per heavy atom. The van der Waals surface area contributed by atoms with Gasteiger partial charge in [-0.1, -0.05) is 24.3 Å². The summed E-state index contributed by atoms with van der Waals surface area (Å²) in [4.78, 5) is 12.2. The summed E-state index contributed by atoms with van der Waals surface area (Å²) in [5.41, 5.74) is 5.91. The number of hydrazine groups is 1. The molecule has 0 fully saturated rings. The maximum Gasteiger partial charge on any atom is 0.305 e. The van der Waals surface area contributed by atoms with E-state index in [4.69, 9.17) is 21.4 Å². The molecule has 3 N–H and O–H groups in total. The largest absolute Gasteiger partial charge is 0.495 e. The lowest BCUT2D eigenvalue weighted by molar-refractivity contribution is 0.0917. The summed E-state index contributed by atoms with van der Waals surface area (Å²) >= 11 is 5.14. The topological polar surface area (TPSA) is 75.5 Å². The molecule has 138 valence electrons. The Morgan fingerprint density at radius 3 is 2.56 bits per heavy atom. The molecular weight excluding hydrogens is 369 g/mol. The van der Waals surface area contributed by atoms with E-state index in [1.165, 1.54) is 18.2 Å². The number of rotatable bonds is 4. The number of furan rings is 1. The average Bonchev–Trinajstić information content (AvgIpc) is 3.17. The number of nitrogens with one attached hydrogen (secondary N) is 3. The zero-order valence-corrected chi connectivity index (χ0v) is 15.1. The summed E-state index contributed by atoms with van der Waals surface area (Å²) < 4.78 is 24.4. The number of carbonyl (C=O) groups is 1. The van der Waals surface area contributed by atoms with Crippen LogP contribution in [0.1, 0.15) is 10.6 Å². The third-order valence-corrected chi connectivity index (χ3v) is 3.82. The van der Waals surface area contributed by atoms with Crippen molar-refractivity contribution < 1.29 is 18.3 Å². The Bertz CT molecular complexity index is 974. The number of para-hydroxylation sites is 2. The second-order valence-electron chi connectivity index (χ2n) is 5.38. The van der Waals surface area contributed by atoms with Crippen LogP contribution in [-0.4, -0.2) is 18.1 Å². The standard InChI is InChI=1S/C19H16FN3O3S/c1-25-16-9-5-4-8-14(16)21-19(27)23-22-18(24)17-11-10-15(26-17)12-6-2-3-7-13(12)20/h2-11H,1H3,(H,22,24)(H2,21,23,27). The quantitative estimate of drug-likeness (QED) is 0.469. The van der Waals surface area contributed by atoms with Gasteiger partial charge in [0.1, 0.15) is 17.3 Å². The van der Waals surface area contributed by atoms with E-state index < -0.39 is 11.7 Å². The van der Waals surface area contributed by atoms with E-state index in [2.05, 4.69) is 16.2 Å². The molecule has 1 aromatic heterocycles. The summed E-state index contributed by atoms with van der Waals surface area (Å²) in [6.07, 6.45) is 0. The van der Waals surface area contributed by atoms with E-state index >= 15 is 0 Å². The van der Waals surface area contributed by atoms with E-state index in [0.717, 1.165) is 0 Å². The third-order valence-electron chi connectivity index (χ3n) is 3.61. The summed E-state index contributed by atoms with van der Waals surface area (Å²) in [5.74, 6) is -0.108. The van der Waals surface area contributed by atoms with Crippen LogP contribution < -0.4 is 20.9 Å². The number of amides is 1. The molecular formula is C19H16FN3O3S. The first-order chi connectivity index (χ1) is 13.1. The van der Waals surface area contributed by atoms with Crippen molar-refractivity contribution in [3.63, 3.8) is 0 Å². The van der Waals surface area contributed by atoms with Crippen LogP contribution in [0.5, 0.6) is 5.75 Å². The van der Waals surface area contributed by atoms with Crippen LogP contribution in [0.3, 0.4) is 0 Å². The first kappa shape index (κ1) is 18.4. The molecule has 3 aromatic rings. The van der Waals surface area contributed by atoms with Gasteiger partial charge in [0.15, 0.2) is 10.9 Å². The van der Waals surface area contributed by atoms with Gasteiger partial charge in [-0.3, -0.25) is 15.6 Å². The van der Waals surface area contributed by atoms with E-state index in [9.17, 15) is 9.18 Å². The Morgan fingerprint density at radius 2 is 1.78 bits per heavy atom. The van der Waals surface area contributed by atoms with Crippen molar-refractivity contribution in [3.05, 3.63) is 72.2 Å². The van der Waals surface area contributed by atoms with Crippen molar-refractivity contribution in [1.29, 1.82) is 0 Å². The number of carbonyl (C=O) groups excluding carboxylic acids is 1. The highest BCUT2D eigenvalue weighted by molar-refractivity contribution is 7.80.